The van der Waals surface area contributed by atoms with Crippen LogP contribution in [0, 0.1) is 0 Å². The minimum atomic E-state index is 0.254. The summed E-state index contributed by atoms with van der Waals surface area (Å²) >= 11 is 9.94. The Labute approximate surface area is 139 Å². The normalized spacial score (nSPS) is 12.6. The summed E-state index contributed by atoms with van der Waals surface area (Å²) in [5.74, 6) is 0. The van der Waals surface area contributed by atoms with E-state index in [0.717, 1.165) is 33.8 Å². The van der Waals surface area contributed by atoms with E-state index in [0.29, 0.717) is 6.54 Å². The Morgan fingerprint density at radius 2 is 2.14 bits per heavy atom. The zero-order valence-electron chi connectivity index (χ0n) is 12.7. The molecule has 0 bridgehead atoms. The smallest absolute Gasteiger partial charge is 0.0863 e. The molecule has 1 aromatic heterocycles. The lowest BCUT2D eigenvalue weighted by Gasteiger charge is -2.15. The van der Waals surface area contributed by atoms with Crippen LogP contribution < -0.4 is 5.32 Å². The maximum Gasteiger partial charge on any atom is 0.0863 e. The quantitative estimate of drug-likeness (QED) is 0.796. The lowest BCUT2D eigenvalue weighted by atomic mass is 10.1. The van der Waals surface area contributed by atoms with Gasteiger partial charge in [0.1, 0.15) is 0 Å². The second-order valence-corrected chi connectivity index (χ2v) is 6.33. The van der Waals surface area contributed by atoms with Crippen LogP contribution in [-0.2, 0) is 19.5 Å². The fourth-order valence-corrected chi connectivity index (χ4v) is 3.08. The van der Waals surface area contributed by atoms with Crippen LogP contribution >= 0.6 is 27.5 Å². The van der Waals surface area contributed by atoms with Gasteiger partial charge in [0, 0.05) is 23.6 Å². The Hall–Kier alpha value is -0.840. The highest BCUT2D eigenvalue weighted by molar-refractivity contribution is 9.10. The topological polar surface area (TPSA) is 29.9 Å². The molecule has 0 saturated carbocycles. The van der Waals surface area contributed by atoms with Crippen LogP contribution in [-0.4, -0.2) is 9.78 Å². The molecule has 21 heavy (non-hydrogen) atoms. The summed E-state index contributed by atoms with van der Waals surface area (Å²) in [5.41, 5.74) is 3.29. The fourth-order valence-electron chi connectivity index (χ4n) is 2.33. The van der Waals surface area contributed by atoms with Crippen molar-refractivity contribution in [3.63, 3.8) is 0 Å². The molecule has 0 aliphatic heterocycles. The van der Waals surface area contributed by atoms with Gasteiger partial charge in [-0.25, -0.2) is 0 Å². The van der Waals surface area contributed by atoms with E-state index in [1.54, 1.807) is 0 Å². The number of aromatic nitrogens is 2. The molecule has 0 unspecified atom stereocenters. The Morgan fingerprint density at radius 1 is 1.38 bits per heavy atom. The molecule has 2 aromatic rings. The first-order valence-electron chi connectivity index (χ1n) is 7.29. The van der Waals surface area contributed by atoms with E-state index in [1.165, 1.54) is 5.56 Å². The molecule has 2 rings (SSSR count). The third-order valence-corrected chi connectivity index (χ3v) is 4.55. The highest BCUT2D eigenvalue weighted by Gasteiger charge is 2.15. The number of hydrogen-bond donors (Lipinski definition) is 1. The second-order valence-electron chi connectivity index (χ2n) is 5.03. The van der Waals surface area contributed by atoms with Gasteiger partial charge in [-0.05, 0) is 38.0 Å². The zero-order chi connectivity index (χ0) is 15.4. The van der Waals surface area contributed by atoms with E-state index in [-0.39, 0.29) is 6.04 Å². The zero-order valence-corrected chi connectivity index (χ0v) is 15.0. The van der Waals surface area contributed by atoms with Crippen molar-refractivity contribution in [2.45, 2.75) is 46.3 Å². The fraction of sp³-hybridized carbons (Fsp3) is 0.438. The molecule has 0 aliphatic carbocycles. The predicted molar refractivity (Wildman–Crippen MR) is 91.7 cm³/mol. The summed E-state index contributed by atoms with van der Waals surface area (Å²) in [4.78, 5) is 0. The van der Waals surface area contributed by atoms with Gasteiger partial charge in [-0.3, -0.25) is 4.68 Å². The van der Waals surface area contributed by atoms with Gasteiger partial charge in [-0.2, -0.15) is 5.10 Å². The number of nitrogens with one attached hydrogen (secondary N) is 1. The molecule has 1 aromatic carbocycles. The summed E-state index contributed by atoms with van der Waals surface area (Å²) < 4.78 is 3.08. The third-order valence-electron chi connectivity index (χ3n) is 3.62. The molecule has 0 amide bonds. The number of nitrogens with zero attached hydrogens (tertiary/aromatic N) is 2. The van der Waals surface area contributed by atoms with E-state index in [2.05, 4.69) is 65.3 Å². The van der Waals surface area contributed by atoms with Gasteiger partial charge in [-0.1, -0.05) is 46.6 Å². The van der Waals surface area contributed by atoms with Crippen LogP contribution in [0.4, 0.5) is 0 Å². The van der Waals surface area contributed by atoms with E-state index < -0.39 is 0 Å². The molecule has 0 saturated heterocycles. The van der Waals surface area contributed by atoms with Gasteiger partial charge < -0.3 is 5.32 Å². The van der Waals surface area contributed by atoms with Crippen LogP contribution in [0.3, 0.4) is 0 Å². The predicted octanol–water partition coefficient (Wildman–Crippen LogP) is 4.73. The molecule has 1 N–H and O–H groups in total. The number of rotatable bonds is 6. The first-order chi connectivity index (χ1) is 10.1. The summed E-state index contributed by atoms with van der Waals surface area (Å²) in [7, 11) is 0. The van der Waals surface area contributed by atoms with Crippen molar-refractivity contribution in [2.24, 2.45) is 0 Å². The number of hydrogen-bond acceptors (Lipinski definition) is 2. The van der Waals surface area contributed by atoms with Crippen LogP contribution in [0.15, 0.2) is 28.7 Å². The Morgan fingerprint density at radius 3 is 2.76 bits per heavy atom. The first-order valence-corrected chi connectivity index (χ1v) is 8.46. The Balaban J connectivity index is 2.11. The molecular weight excluding hydrogens is 350 g/mol. The Kier molecular flexibility index (Phi) is 5.85. The van der Waals surface area contributed by atoms with Crippen LogP contribution in [0.5, 0.6) is 0 Å². The van der Waals surface area contributed by atoms with Crippen molar-refractivity contribution in [3.8, 4) is 0 Å². The van der Waals surface area contributed by atoms with Gasteiger partial charge in [0.15, 0.2) is 0 Å². The van der Waals surface area contributed by atoms with Crippen molar-refractivity contribution < 1.29 is 0 Å². The standard InChI is InChI=1S/C16H21BrClN3/c1-4-14-16(18)15(21(5-2)20-14)10-19-11(3)12-7-6-8-13(17)9-12/h6-9,11,19H,4-5,10H2,1-3H3/t11-/m1/s1. The molecule has 1 heterocycles. The van der Waals surface area contributed by atoms with Gasteiger partial charge >= 0.3 is 0 Å². The number of halogens is 2. The van der Waals surface area contributed by atoms with Crippen molar-refractivity contribution in [1.29, 1.82) is 0 Å². The molecule has 0 spiro atoms. The van der Waals surface area contributed by atoms with E-state index >= 15 is 0 Å². The lowest BCUT2D eigenvalue weighted by molar-refractivity contribution is 0.530. The number of benzene rings is 1. The van der Waals surface area contributed by atoms with E-state index in [1.807, 2.05) is 10.7 Å². The molecule has 1 atom stereocenters. The van der Waals surface area contributed by atoms with Crippen molar-refractivity contribution in [3.05, 3.63) is 50.7 Å². The van der Waals surface area contributed by atoms with Crippen molar-refractivity contribution in [1.82, 2.24) is 15.1 Å². The van der Waals surface area contributed by atoms with Crippen molar-refractivity contribution in [2.75, 3.05) is 0 Å². The average molecular weight is 371 g/mol. The molecular formula is C16H21BrClN3. The third kappa shape index (κ3) is 3.87. The second kappa shape index (κ2) is 7.43. The Bertz CT molecular complexity index is 610. The molecule has 3 nitrogen and oxygen atoms in total. The molecule has 5 heteroatoms. The van der Waals surface area contributed by atoms with Gasteiger partial charge in [-0.15, -0.1) is 0 Å². The number of aryl methyl sites for hydroxylation is 2. The molecule has 114 valence electrons. The SMILES string of the molecule is CCc1nn(CC)c(CN[C@H](C)c2cccc(Br)c2)c1Cl. The summed E-state index contributed by atoms with van der Waals surface area (Å²) in [5, 5.41) is 8.88. The van der Waals surface area contributed by atoms with E-state index in [4.69, 9.17) is 11.6 Å². The molecule has 0 aliphatic rings. The molecule has 0 fully saturated rings. The minimum Gasteiger partial charge on any atom is -0.305 e. The average Bonchev–Trinajstić information content (AvgIpc) is 2.80. The first kappa shape index (κ1) is 16.5. The lowest BCUT2D eigenvalue weighted by Crippen LogP contribution is -2.20. The maximum absolute atomic E-state index is 6.43. The summed E-state index contributed by atoms with van der Waals surface area (Å²) in [6, 6.07) is 8.60. The van der Waals surface area contributed by atoms with Crippen molar-refractivity contribution >= 4 is 27.5 Å². The van der Waals surface area contributed by atoms with Gasteiger partial charge in [0.05, 0.1) is 16.4 Å². The summed E-state index contributed by atoms with van der Waals surface area (Å²) in [6.45, 7) is 7.87. The van der Waals surface area contributed by atoms with Crippen LogP contribution in [0.25, 0.3) is 0 Å². The van der Waals surface area contributed by atoms with Gasteiger partial charge in [0.2, 0.25) is 0 Å². The minimum absolute atomic E-state index is 0.254. The van der Waals surface area contributed by atoms with E-state index in [9.17, 15) is 0 Å². The highest BCUT2D eigenvalue weighted by Crippen LogP contribution is 2.23. The largest absolute Gasteiger partial charge is 0.305 e. The maximum atomic E-state index is 6.43. The van der Waals surface area contributed by atoms with Crippen LogP contribution in [0.2, 0.25) is 5.02 Å². The van der Waals surface area contributed by atoms with Crippen LogP contribution in [0.1, 0.15) is 43.8 Å². The molecule has 0 radical (unpaired) electrons. The summed E-state index contributed by atoms with van der Waals surface area (Å²) in [6.07, 6.45) is 0.861. The monoisotopic (exact) mass is 369 g/mol. The highest BCUT2D eigenvalue weighted by atomic mass is 79.9. The van der Waals surface area contributed by atoms with Gasteiger partial charge in [0.25, 0.3) is 0 Å².